The molecule has 5 rings (SSSR count). The molecule has 0 spiro atoms. The molecule has 0 saturated heterocycles. The molecule has 4 fully saturated rings. The predicted octanol–water partition coefficient (Wildman–Crippen LogP) is 2.64. The van der Waals surface area contributed by atoms with Gasteiger partial charge in [-0.3, -0.25) is 14.3 Å². The molecular formula is C21H30N4O5. The molecule has 4 bridgehead atoms. The largest absolute Gasteiger partial charge is 0.469 e. The van der Waals surface area contributed by atoms with Crippen molar-refractivity contribution in [2.24, 2.45) is 17.8 Å². The van der Waals surface area contributed by atoms with Crippen molar-refractivity contribution in [3.05, 3.63) is 12.4 Å². The van der Waals surface area contributed by atoms with Gasteiger partial charge in [0.05, 0.1) is 45.0 Å². The van der Waals surface area contributed by atoms with Crippen molar-refractivity contribution >= 4 is 23.7 Å². The van der Waals surface area contributed by atoms with Crippen LogP contribution in [0.4, 0.5) is 10.5 Å². The number of anilines is 1. The van der Waals surface area contributed by atoms with Gasteiger partial charge >= 0.3 is 18.0 Å². The molecule has 4 aliphatic rings. The fourth-order valence-electron chi connectivity index (χ4n) is 6.08. The Morgan fingerprint density at radius 3 is 2.10 bits per heavy atom. The van der Waals surface area contributed by atoms with Crippen molar-refractivity contribution in [1.29, 1.82) is 0 Å². The van der Waals surface area contributed by atoms with Crippen LogP contribution in [-0.2, 0) is 19.1 Å². The highest BCUT2D eigenvalue weighted by Gasteiger charge is 2.51. The Morgan fingerprint density at radius 1 is 1.07 bits per heavy atom. The van der Waals surface area contributed by atoms with E-state index in [0.29, 0.717) is 5.69 Å². The summed E-state index contributed by atoms with van der Waals surface area (Å²) in [5, 5.41) is 10.3. The van der Waals surface area contributed by atoms with E-state index in [9.17, 15) is 14.4 Å². The van der Waals surface area contributed by atoms with Crippen LogP contribution >= 0.6 is 0 Å². The Hall–Kier alpha value is -2.58. The summed E-state index contributed by atoms with van der Waals surface area (Å²) in [6.45, 7) is 0. The summed E-state index contributed by atoms with van der Waals surface area (Å²) in [4.78, 5) is 36.1. The molecule has 0 radical (unpaired) electrons. The van der Waals surface area contributed by atoms with Gasteiger partial charge in [0.15, 0.2) is 0 Å². The molecule has 0 aliphatic heterocycles. The molecule has 164 valence electrons. The van der Waals surface area contributed by atoms with Crippen LogP contribution in [-0.4, -0.2) is 47.5 Å². The van der Waals surface area contributed by atoms with Gasteiger partial charge in [-0.1, -0.05) is 0 Å². The number of esters is 2. The molecule has 1 aromatic rings. The molecular weight excluding hydrogens is 388 g/mol. The third kappa shape index (κ3) is 4.44. The van der Waals surface area contributed by atoms with Crippen molar-refractivity contribution in [2.75, 3.05) is 19.5 Å². The van der Waals surface area contributed by atoms with Crippen molar-refractivity contribution in [3.63, 3.8) is 0 Å². The average molecular weight is 418 g/mol. The van der Waals surface area contributed by atoms with Gasteiger partial charge in [-0.05, 0) is 56.3 Å². The number of amides is 2. The number of hydrogen-bond donors (Lipinski definition) is 2. The van der Waals surface area contributed by atoms with E-state index in [1.807, 2.05) is 0 Å². The fraction of sp³-hybridized carbons (Fsp3) is 0.714. The summed E-state index contributed by atoms with van der Waals surface area (Å²) >= 11 is 0. The molecule has 9 heteroatoms. The maximum absolute atomic E-state index is 12.7. The first-order chi connectivity index (χ1) is 14.4. The number of methoxy groups -OCH3 is 2. The van der Waals surface area contributed by atoms with Crippen LogP contribution in [0.1, 0.15) is 57.4 Å². The number of aromatic nitrogens is 2. The van der Waals surface area contributed by atoms with Gasteiger partial charge in [-0.15, -0.1) is 0 Å². The van der Waals surface area contributed by atoms with Crippen LogP contribution in [0.5, 0.6) is 0 Å². The zero-order chi connectivity index (χ0) is 21.3. The zero-order valence-electron chi connectivity index (χ0n) is 17.6. The summed E-state index contributed by atoms with van der Waals surface area (Å²) in [6.07, 6.45) is 10.3. The molecule has 1 heterocycles. The van der Waals surface area contributed by atoms with Crippen LogP contribution in [0.15, 0.2) is 12.4 Å². The smallest absolute Gasteiger partial charge is 0.319 e. The van der Waals surface area contributed by atoms with E-state index in [1.165, 1.54) is 44.4 Å². The van der Waals surface area contributed by atoms with Gasteiger partial charge in [0.25, 0.3) is 0 Å². The molecule has 0 atom stereocenters. The lowest BCUT2D eigenvalue weighted by Gasteiger charge is -2.56. The number of carbonyl (C=O) groups is 3. The third-order valence-electron chi connectivity index (χ3n) is 6.91. The molecule has 4 saturated carbocycles. The van der Waals surface area contributed by atoms with Crippen LogP contribution in [0.2, 0.25) is 0 Å². The monoisotopic (exact) mass is 418 g/mol. The minimum atomic E-state index is -0.549. The Labute approximate surface area is 175 Å². The number of hydrogen-bond acceptors (Lipinski definition) is 6. The van der Waals surface area contributed by atoms with E-state index in [-0.39, 0.29) is 24.4 Å². The van der Waals surface area contributed by atoms with Gasteiger partial charge in [0.2, 0.25) is 0 Å². The van der Waals surface area contributed by atoms with Gasteiger partial charge in [0.1, 0.15) is 0 Å². The van der Waals surface area contributed by atoms with Crippen LogP contribution in [0.25, 0.3) is 0 Å². The van der Waals surface area contributed by atoms with Crippen LogP contribution in [0, 0.1) is 17.8 Å². The number of ether oxygens (including phenoxy) is 2. The number of carbonyl (C=O) groups excluding carboxylic acids is 3. The standard InChI is InChI=1S/C21H30N4O5/c1-29-18(26)6-17(7-19(27)30-2)25-12-16(11-22-25)23-20(28)24-21-8-13-3-14(9-21)5-15(4-13)10-21/h11-15,17H,3-10H2,1-2H3,(H2,23,24,28). The topological polar surface area (TPSA) is 112 Å². The SMILES string of the molecule is COC(=O)CC(CC(=O)OC)n1cc(NC(=O)NC23CC4CC(CC(C4)C2)C3)cn1. The third-order valence-corrected chi connectivity index (χ3v) is 6.91. The second-order valence-corrected chi connectivity index (χ2v) is 9.20. The minimum absolute atomic E-state index is 0.0216. The average Bonchev–Trinajstić information content (AvgIpc) is 3.13. The lowest BCUT2D eigenvalue weighted by atomic mass is 9.53. The number of nitrogens with one attached hydrogen (secondary N) is 2. The predicted molar refractivity (Wildman–Crippen MR) is 108 cm³/mol. The summed E-state index contributed by atoms with van der Waals surface area (Å²) in [6, 6.07) is -0.777. The Bertz CT molecular complexity index is 767. The van der Waals surface area contributed by atoms with E-state index in [0.717, 1.165) is 37.0 Å². The van der Waals surface area contributed by atoms with E-state index < -0.39 is 18.0 Å². The Kier molecular flexibility index (Phi) is 5.71. The maximum Gasteiger partial charge on any atom is 0.319 e. The van der Waals surface area contributed by atoms with Crippen LogP contribution in [0.3, 0.4) is 0 Å². The first kappa shape index (κ1) is 20.7. The van der Waals surface area contributed by atoms with Crippen molar-refractivity contribution in [3.8, 4) is 0 Å². The molecule has 0 unspecified atom stereocenters. The second-order valence-electron chi connectivity index (χ2n) is 9.20. The summed E-state index contributed by atoms with van der Waals surface area (Å²) in [7, 11) is 2.59. The summed E-state index contributed by atoms with van der Waals surface area (Å²) in [5.74, 6) is 1.34. The van der Waals surface area contributed by atoms with E-state index >= 15 is 0 Å². The molecule has 1 aromatic heterocycles. The minimum Gasteiger partial charge on any atom is -0.469 e. The lowest BCUT2D eigenvalue weighted by Crippen LogP contribution is -2.60. The molecule has 30 heavy (non-hydrogen) atoms. The van der Waals surface area contributed by atoms with Gasteiger partial charge < -0.3 is 20.1 Å². The summed E-state index contributed by atoms with van der Waals surface area (Å²) in [5.41, 5.74) is 0.435. The lowest BCUT2D eigenvalue weighted by molar-refractivity contribution is -0.144. The Morgan fingerprint density at radius 2 is 1.60 bits per heavy atom. The second kappa shape index (κ2) is 8.28. The van der Waals surface area contributed by atoms with E-state index in [2.05, 4.69) is 15.7 Å². The van der Waals surface area contributed by atoms with Gasteiger partial charge in [-0.25, -0.2) is 4.79 Å². The quantitative estimate of drug-likeness (QED) is 0.659. The van der Waals surface area contributed by atoms with Crippen molar-refractivity contribution in [1.82, 2.24) is 15.1 Å². The fourth-order valence-corrected chi connectivity index (χ4v) is 6.08. The molecule has 2 amide bonds. The van der Waals surface area contributed by atoms with Crippen molar-refractivity contribution < 1.29 is 23.9 Å². The zero-order valence-corrected chi connectivity index (χ0v) is 17.6. The maximum atomic E-state index is 12.7. The highest BCUT2D eigenvalue weighted by molar-refractivity contribution is 5.89. The summed E-state index contributed by atoms with van der Waals surface area (Å²) < 4.78 is 10.9. The number of rotatable bonds is 7. The first-order valence-corrected chi connectivity index (χ1v) is 10.6. The van der Waals surface area contributed by atoms with Gasteiger partial charge in [0, 0.05) is 11.7 Å². The van der Waals surface area contributed by atoms with E-state index in [1.54, 1.807) is 6.20 Å². The first-order valence-electron chi connectivity index (χ1n) is 10.6. The number of nitrogens with zero attached hydrogens (tertiary/aromatic N) is 2. The highest BCUT2D eigenvalue weighted by Crippen LogP contribution is 2.55. The normalized spacial score (nSPS) is 29.0. The van der Waals surface area contributed by atoms with E-state index in [4.69, 9.17) is 9.47 Å². The molecule has 2 N–H and O–H groups in total. The molecule has 4 aliphatic carbocycles. The van der Waals surface area contributed by atoms with Gasteiger partial charge in [-0.2, -0.15) is 5.10 Å². The van der Waals surface area contributed by atoms with Crippen molar-refractivity contribution in [2.45, 2.75) is 62.9 Å². The molecule has 0 aromatic carbocycles. The Balaban J connectivity index is 1.38. The highest BCUT2D eigenvalue weighted by atomic mass is 16.5. The molecule has 9 nitrogen and oxygen atoms in total. The van der Waals surface area contributed by atoms with Crippen LogP contribution < -0.4 is 10.6 Å². The number of urea groups is 1.